The van der Waals surface area contributed by atoms with E-state index in [1.54, 1.807) is 24.4 Å². The normalized spacial score (nSPS) is 10.8. The highest BCUT2D eigenvalue weighted by Crippen LogP contribution is 2.24. The molecule has 0 aliphatic rings. The molecule has 2 aromatic carbocycles. The van der Waals surface area contributed by atoms with Gasteiger partial charge in [-0.2, -0.15) is 4.98 Å². The second kappa shape index (κ2) is 6.49. The Labute approximate surface area is 151 Å². The van der Waals surface area contributed by atoms with Gasteiger partial charge >= 0.3 is 0 Å². The maximum Gasteiger partial charge on any atom is 0.255 e. The Kier molecular flexibility index (Phi) is 4.03. The topological polar surface area (TPSA) is 68.0 Å². The molecule has 1 N–H and O–H groups in total. The van der Waals surface area contributed by atoms with Crippen molar-refractivity contribution < 1.29 is 9.21 Å². The van der Waals surface area contributed by atoms with Crippen LogP contribution in [0, 0.1) is 0 Å². The summed E-state index contributed by atoms with van der Waals surface area (Å²) in [5.41, 5.74) is 3.32. The first kappa shape index (κ1) is 15.5. The molecule has 0 aliphatic heterocycles. The van der Waals surface area contributed by atoms with Crippen molar-refractivity contribution in [1.29, 1.82) is 0 Å². The van der Waals surface area contributed by atoms with Crippen molar-refractivity contribution in [2.24, 2.45) is 0 Å². The van der Waals surface area contributed by atoms with E-state index in [1.165, 1.54) is 0 Å². The van der Waals surface area contributed by atoms with Crippen LogP contribution in [0.4, 0.5) is 5.69 Å². The summed E-state index contributed by atoms with van der Waals surface area (Å²) in [5.74, 6) is 0.332. The molecule has 0 radical (unpaired) electrons. The first-order valence-electron chi connectivity index (χ1n) is 7.58. The monoisotopic (exact) mass is 393 g/mol. The summed E-state index contributed by atoms with van der Waals surface area (Å²) >= 11 is 3.36. The number of hydrogen-bond acceptors (Lipinski definition) is 4. The summed E-state index contributed by atoms with van der Waals surface area (Å²) in [5, 5.41) is 2.87. The number of hydrogen-bond donors (Lipinski definition) is 1. The average Bonchev–Trinajstić information content (AvgIpc) is 3.06. The van der Waals surface area contributed by atoms with Crippen LogP contribution in [-0.4, -0.2) is 15.9 Å². The Bertz CT molecular complexity index is 1020. The Morgan fingerprint density at radius 2 is 1.88 bits per heavy atom. The van der Waals surface area contributed by atoms with Gasteiger partial charge in [-0.05, 0) is 54.6 Å². The maximum absolute atomic E-state index is 12.3. The Morgan fingerprint density at radius 1 is 1.04 bits per heavy atom. The van der Waals surface area contributed by atoms with E-state index in [9.17, 15) is 4.79 Å². The number of oxazole rings is 1. The van der Waals surface area contributed by atoms with E-state index < -0.39 is 0 Å². The molecule has 5 nitrogen and oxygen atoms in total. The number of benzene rings is 2. The van der Waals surface area contributed by atoms with Crippen LogP contribution in [0.3, 0.4) is 0 Å². The van der Waals surface area contributed by atoms with Crippen molar-refractivity contribution in [3.8, 4) is 11.5 Å². The molecule has 0 bridgehead atoms. The second-order valence-corrected chi connectivity index (χ2v) is 6.30. The first-order chi connectivity index (χ1) is 12.2. The summed E-state index contributed by atoms with van der Waals surface area (Å²) in [4.78, 5) is 20.8. The molecule has 0 aliphatic carbocycles. The van der Waals surface area contributed by atoms with Crippen LogP contribution < -0.4 is 5.32 Å². The minimum Gasteiger partial charge on any atom is -0.434 e. The number of anilines is 1. The number of amides is 1. The molecule has 4 aromatic rings. The van der Waals surface area contributed by atoms with Crippen LogP contribution >= 0.6 is 15.9 Å². The van der Waals surface area contributed by atoms with E-state index >= 15 is 0 Å². The van der Waals surface area contributed by atoms with Crippen molar-refractivity contribution in [2.75, 3.05) is 5.32 Å². The van der Waals surface area contributed by atoms with E-state index in [0.29, 0.717) is 28.4 Å². The summed E-state index contributed by atoms with van der Waals surface area (Å²) < 4.78 is 6.55. The predicted octanol–water partition coefficient (Wildman–Crippen LogP) is 4.90. The molecular weight excluding hydrogens is 382 g/mol. The molecule has 1 amide bonds. The highest BCUT2D eigenvalue weighted by atomic mass is 79.9. The number of pyridine rings is 1. The van der Waals surface area contributed by atoms with Gasteiger partial charge in [0.25, 0.3) is 5.91 Å². The van der Waals surface area contributed by atoms with Gasteiger partial charge in [-0.15, -0.1) is 0 Å². The number of fused-ring (bicyclic) bond motifs is 1. The average molecular weight is 394 g/mol. The smallest absolute Gasteiger partial charge is 0.255 e. The van der Waals surface area contributed by atoms with Crippen LogP contribution in [0.1, 0.15) is 10.4 Å². The van der Waals surface area contributed by atoms with Crippen molar-refractivity contribution in [1.82, 2.24) is 9.97 Å². The second-order valence-electron chi connectivity index (χ2n) is 5.39. The van der Waals surface area contributed by atoms with Crippen molar-refractivity contribution in [3.63, 3.8) is 0 Å². The maximum atomic E-state index is 12.3. The number of carbonyl (C=O) groups is 1. The Balaban J connectivity index is 1.54. The lowest BCUT2D eigenvalue weighted by Gasteiger charge is -2.06. The van der Waals surface area contributed by atoms with Gasteiger partial charge in [0, 0.05) is 27.5 Å². The zero-order valence-corrected chi connectivity index (χ0v) is 14.5. The zero-order chi connectivity index (χ0) is 17.2. The van der Waals surface area contributed by atoms with Crippen LogP contribution in [0.5, 0.6) is 0 Å². The molecule has 0 fully saturated rings. The molecule has 0 spiro atoms. The summed E-state index contributed by atoms with van der Waals surface area (Å²) in [6.07, 6.45) is 1.68. The third kappa shape index (κ3) is 3.29. The third-order valence-corrected chi connectivity index (χ3v) is 4.13. The van der Waals surface area contributed by atoms with Crippen molar-refractivity contribution in [2.45, 2.75) is 0 Å². The molecule has 2 heterocycles. The van der Waals surface area contributed by atoms with Crippen LogP contribution in [0.15, 0.2) is 75.8 Å². The lowest BCUT2D eigenvalue weighted by Crippen LogP contribution is -2.11. The molecule has 6 heteroatoms. The fourth-order valence-corrected chi connectivity index (χ4v) is 2.82. The molecule has 0 unspecified atom stereocenters. The number of carbonyl (C=O) groups excluding carboxylic acids is 1. The largest absolute Gasteiger partial charge is 0.434 e. The van der Waals surface area contributed by atoms with Crippen molar-refractivity contribution in [3.05, 3.63) is 76.9 Å². The van der Waals surface area contributed by atoms with E-state index in [0.717, 1.165) is 10.0 Å². The van der Waals surface area contributed by atoms with Gasteiger partial charge in [-0.1, -0.05) is 22.0 Å². The van der Waals surface area contributed by atoms with Gasteiger partial charge in [0.2, 0.25) is 5.89 Å². The molecule has 0 saturated heterocycles. The fraction of sp³-hybridized carbons (Fsp3) is 0. The fourth-order valence-electron chi connectivity index (χ4n) is 2.42. The van der Waals surface area contributed by atoms with Crippen LogP contribution in [-0.2, 0) is 0 Å². The number of rotatable bonds is 3. The number of nitrogens with one attached hydrogen (secondary N) is 1. The first-order valence-corrected chi connectivity index (χ1v) is 8.37. The van der Waals surface area contributed by atoms with Gasteiger partial charge in [0.15, 0.2) is 11.2 Å². The molecular formula is C19H12BrN3O2. The standard InChI is InChI=1S/C19H12BrN3O2/c20-14-4-1-3-13(11-14)18(24)22-15-8-6-12(7-9-15)19-23-17-16(25-19)5-2-10-21-17/h1-11H,(H,22,24). The molecule has 2 aromatic heterocycles. The SMILES string of the molecule is O=C(Nc1ccc(-c2nc3ncccc3o2)cc1)c1cccc(Br)c1. The lowest BCUT2D eigenvalue weighted by atomic mass is 10.2. The number of nitrogens with zero attached hydrogens (tertiary/aromatic N) is 2. The van der Waals surface area contributed by atoms with E-state index in [1.807, 2.05) is 42.5 Å². The summed E-state index contributed by atoms with van der Waals surface area (Å²) in [7, 11) is 0. The Morgan fingerprint density at radius 3 is 2.64 bits per heavy atom. The van der Waals surface area contributed by atoms with E-state index in [4.69, 9.17) is 4.42 Å². The van der Waals surface area contributed by atoms with Crippen molar-refractivity contribution >= 4 is 38.8 Å². The Hall–Kier alpha value is -2.99. The summed E-state index contributed by atoms with van der Waals surface area (Å²) in [6, 6.07) is 18.2. The van der Waals surface area contributed by atoms with E-state index in [2.05, 4.69) is 31.2 Å². The van der Waals surface area contributed by atoms with E-state index in [-0.39, 0.29) is 5.91 Å². The van der Waals surface area contributed by atoms with Gasteiger partial charge in [0.1, 0.15) is 0 Å². The number of aromatic nitrogens is 2. The minimum absolute atomic E-state index is 0.167. The molecule has 0 atom stereocenters. The zero-order valence-electron chi connectivity index (χ0n) is 12.9. The molecule has 4 rings (SSSR count). The lowest BCUT2D eigenvalue weighted by molar-refractivity contribution is 0.102. The van der Waals surface area contributed by atoms with Gasteiger partial charge in [-0.25, -0.2) is 4.98 Å². The van der Waals surface area contributed by atoms with Crippen LogP contribution in [0.2, 0.25) is 0 Å². The van der Waals surface area contributed by atoms with Gasteiger partial charge in [0.05, 0.1) is 0 Å². The highest BCUT2D eigenvalue weighted by Gasteiger charge is 2.10. The third-order valence-electron chi connectivity index (χ3n) is 3.64. The van der Waals surface area contributed by atoms with Gasteiger partial charge < -0.3 is 9.73 Å². The van der Waals surface area contributed by atoms with Gasteiger partial charge in [-0.3, -0.25) is 4.79 Å². The highest BCUT2D eigenvalue weighted by molar-refractivity contribution is 9.10. The molecule has 122 valence electrons. The molecule has 0 saturated carbocycles. The molecule has 25 heavy (non-hydrogen) atoms. The predicted molar refractivity (Wildman–Crippen MR) is 99.3 cm³/mol. The quantitative estimate of drug-likeness (QED) is 0.537. The summed E-state index contributed by atoms with van der Waals surface area (Å²) in [6.45, 7) is 0. The minimum atomic E-state index is -0.167. The number of halogens is 1. The van der Waals surface area contributed by atoms with Crippen LogP contribution in [0.25, 0.3) is 22.7 Å².